The molecule has 0 radical (unpaired) electrons. The summed E-state index contributed by atoms with van der Waals surface area (Å²) in [5.74, 6) is 0. The Bertz CT molecular complexity index is 255. The number of aliphatic imine (C=N–C) groups is 1. The van der Waals surface area contributed by atoms with Crippen molar-refractivity contribution >= 4 is 17.5 Å². The minimum atomic E-state index is 1.13. The molecule has 0 aromatic carbocycles. The van der Waals surface area contributed by atoms with Gasteiger partial charge in [0, 0.05) is 12.0 Å². The Morgan fingerprint density at radius 1 is 1.31 bits per heavy atom. The SMILES string of the molecule is CC.CN=C1C=C(C)SC1=C(C)C. The van der Waals surface area contributed by atoms with Gasteiger partial charge in [-0.2, -0.15) is 0 Å². The van der Waals surface area contributed by atoms with Gasteiger partial charge in [-0.25, -0.2) is 0 Å². The van der Waals surface area contributed by atoms with E-state index < -0.39 is 0 Å². The normalized spacial score (nSPS) is 18.2. The van der Waals surface area contributed by atoms with Crippen LogP contribution < -0.4 is 0 Å². The van der Waals surface area contributed by atoms with Crippen LogP contribution in [0.1, 0.15) is 34.6 Å². The van der Waals surface area contributed by atoms with Gasteiger partial charge in [-0.1, -0.05) is 31.2 Å². The van der Waals surface area contributed by atoms with Gasteiger partial charge in [0.1, 0.15) is 0 Å². The van der Waals surface area contributed by atoms with Crippen LogP contribution in [0.5, 0.6) is 0 Å². The molecule has 0 atom stereocenters. The first-order valence-electron chi connectivity index (χ1n) is 4.66. The first-order valence-corrected chi connectivity index (χ1v) is 5.47. The molecular formula is C11H19NS. The molecular weight excluding hydrogens is 178 g/mol. The van der Waals surface area contributed by atoms with Crippen LogP contribution in [0.2, 0.25) is 0 Å². The van der Waals surface area contributed by atoms with Crippen LogP contribution in [-0.4, -0.2) is 12.8 Å². The van der Waals surface area contributed by atoms with Crippen molar-refractivity contribution in [3.05, 3.63) is 21.5 Å². The van der Waals surface area contributed by atoms with Crippen LogP contribution in [0.25, 0.3) is 0 Å². The number of hydrogen-bond acceptors (Lipinski definition) is 2. The van der Waals surface area contributed by atoms with Crippen LogP contribution in [0, 0.1) is 0 Å². The van der Waals surface area contributed by atoms with Crippen molar-refractivity contribution in [2.75, 3.05) is 7.05 Å². The second kappa shape index (κ2) is 6.03. The predicted molar refractivity (Wildman–Crippen MR) is 64.4 cm³/mol. The molecule has 2 heteroatoms. The average molecular weight is 197 g/mol. The topological polar surface area (TPSA) is 12.4 Å². The van der Waals surface area contributed by atoms with Crippen LogP contribution in [0.4, 0.5) is 0 Å². The lowest BCUT2D eigenvalue weighted by Crippen LogP contribution is -1.91. The third-order valence-electron chi connectivity index (χ3n) is 1.53. The molecule has 0 amide bonds. The lowest BCUT2D eigenvalue weighted by Gasteiger charge is -1.99. The van der Waals surface area contributed by atoms with Crippen molar-refractivity contribution in [3.63, 3.8) is 0 Å². The maximum atomic E-state index is 4.20. The fourth-order valence-electron chi connectivity index (χ4n) is 1.03. The summed E-state index contributed by atoms with van der Waals surface area (Å²) in [7, 11) is 1.84. The maximum Gasteiger partial charge on any atom is 0.0717 e. The van der Waals surface area contributed by atoms with Crippen molar-refractivity contribution in [1.82, 2.24) is 0 Å². The third kappa shape index (κ3) is 3.39. The van der Waals surface area contributed by atoms with Gasteiger partial charge in [0.15, 0.2) is 0 Å². The molecule has 1 rings (SSSR count). The van der Waals surface area contributed by atoms with E-state index in [2.05, 4.69) is 31.8 Å². The van der Waals surface area contributed by atoms with E-state index in [1.54, 1.807) is 0 Å². The van der Waals surface area contributed by atoms with Crippen molar-refractivity contribution in [1.29, 1.82) is 0 Å². The highest BCUT2D eigenvalue weighted by Gasteiger charge is 2.14. The van der Waals surface area contributed by atoms with Gasteiger partial charge in [0.05, 0.1) is 5.71 Å². The fourth-order valence-corrected chi connectivity index (χ4v) is 1.98. The number of thioether (sulfide) groups is 1. The second-order valence-electron chi connectivity index (χ2n) is 2.80. The van der Waals surface area contributed by atoms with E-state index in [0.717, 1.165) is 5.71 Å². The Kier molecular flexibility index (Phi) is 5.80. The first-order chi connectivity index (χ1) is 6.15. The van der Waals surface area contributed by atoms with E-state index >= 15 is 0 Å². The lowest BCUT2D eigenvalue weighted by molar-refractivity contribution is 1.38. The first kappa shape index (κ1) is 12.5. The summed E-state index contributed by atoms with van der Waals surface area (Å²) in [6.07, 6.45) is 2.13. The summed E-state index contributed by atoms with van der Waals surface area (Å²) in [4.78, 5) is 6.86. The monoisotopic (exact) mass is 197 g/mol. The highest BCUT2D eigenvalue weighted by molar-refractivity contribution is 8.08. The minimum Gasteiger partial charge on any atom is -0.287 e. The van der Waals surface area contributed by atoms with E-state index in [0.29, 0.717) is 0 Å². The van der Waals surface area contributed by atoms with Gasteiger partial charge < -0.3 is 0 Å². The summed E-state index contributed by atoms with van der Waals surface area (Å²) in [6.45, 7) is 10.4. The molecule has 1 nitrogen and oxygen atoms in total. The summed E-state index contributed by atoms with van der Waals surface area (Å²) in [6, 6.07) is 0. The van der Waals surface area contributed by atoms with Gasteiger partial charge in [0.25, 0.3) is 0 Å². The van der Waals surface area contributed by atoms with Gasteiger partial charge in [-0.3, -0.25) is 4.99 Å². The van der Waals surface area contributed by atoms with Crippen LogP contribution in [0.3, 0.4) is 0 Å². The summed E-state index contributed by atoms with van der Waals surface area (Å²) in [5, 5.41) is 0. The molecule has 0 saturated heterocycles. The molecule has 0 aromatic heterocycles. The zero-order valence-electron chi connectivity index (χ0n) is 9.43. The molecule has 74 valence electrons. The van der Waals surface area contributed by atoms with Gasteiger partial charge >= 0.3 is 0 Å². The van der Waals surface area contributed by atoms with Crippen molar-refractivity contribution in [2.24, 2.45) is 4.99 Å². The number of rotatable bonds is 0. The highest BCUT2D eigenvalue weighted by atomic mass is 32.2. The second-order valence-corrected chi connectivity index (χ2v) is 4.05. The molecule has 0 fully saturated rings. The smallest absolute Gasteiger partial charge is 0.0717 e. The Labute approximate surface area is 86.0 Å². The zero-order chi connectivity index (χ0) is 10.4. The molecule has 1 heterocycles. The van der Waals surface area contributed by atoms with E-state index in [1.807, 2.05) is 32.7 Å². The predicted octanol–water partition coefficient (Wildman–Crippen LogP) is 4.03. The Morgan fingerprint density at radius 2 is 1.85 bits per heavy atom. The Hall–Kier alpha value is -0.500. The van der Waals surface area contributed by atoms with Crippen molar-refractivity contribution < 1.29 is 0 Å². The van der Waals surface area contributed by atoms with Crippen LogP contribution >= 0.6 is 11.8 Å². The molecule has 0 unspecified atom stereocenters. The average Bonchev–Trinajstić information content (AvgIpc) is 2.50. The summed E-state index contributed by atoms with van der Waals surface area (Å²) < 4.78 is 0. The highest BCUT2D eigenvalue weighted by Crippen LogP contribution is 2.35. The van der Waals surface area contributed by atoms with E-state index in [-0.39, 0.29) is 0 Å². The van der Waals surface area contributed by atoms with E-state index in [1.165, 1.54) is 15.4 Å². The van der Waals surface area contributed by atoms with E-state index in [4.69, 9.17) is 0 Å². The van der Waals surface area contributed by atoms with Crippen LogP contribution in [-0.2, 0) is 0 Å². The Balaban J connectivity index is 0.000000671. The standard InChI is InChI=1S/C9H13NS.C2H6/c1-6(2)9-8(10-4)5-7(3)11-9;1-2/h5H,1-4H3;1-2H3. The van der Waals surface area contributed by atoms with E-state index in [9.17, 15) is 0 Å². The van der Waals surface area contributed by atoms with Gasteiger partial charge in [0.2, 0.25) is 0 Å². The quantitative estimate of drug-likeness (QED) is 0.571. The number of allylic oxidation sites excluding steroid dienone is 4. The fraction of sp³-hybridized carbons (Fsp3) is 0.545. The largest absolute Gasteiger partial charge is 0.287 e. The summed E-state index contributed by atoms with van der Waals surface area (Å²) in [5.41, 5.74) is 2.48. The molecule has 0 saturated carbocycles. The minimum absolute atomic E-state index is 1.13. The number of nitrogens with zero attached hydrogens (tertiary/aromatic N) is 1. The van der Waals surface area contributed by atoms with Gasteiger partial charge in [-0.15, -0.1) is 0 Å². The zero-order valence-corrected chi connectivity index (χ0v) is 10.2. The molecule has 1 aliphatic heterocycles. The maximum absolute atomic E-state index is 4.20. The lowest BCUT2D eigenvalue weighted by atomic mass is 10.2. The molecule has 0 aromatic rings. The van der Waals surface area contributed by atoms with Gasteiger partial charge in [-0.05, 0) is 31.8 Å². The number of hydrogen-bond donors (Lipinski definition) is 0. The Morgan fingerprint density at radius 3 is 2.15 bits per heavy atom. The molecule has 0 bridgehead atoms. The van der Waals surface area contributed by atoms with Crippen LogP contribution in [0.15, 0.2) is 26.5 Å². The molecule has 0 N–H and O–H groups in total. The van der Waals surface area contributed by atoms with Crippen molar-refractivity contribution in [3.8, 4) is 0 Å². The summed E-state index contributed by atoms with van der Waals surface area (Å²) >= 11 is 1.82. The molecule has 1 aliphatic rings. The third-order valence-corrected chi connectivity index (χ3v) is 2.79. The van der Waals surface area contributed by atoms with Crippen molar-refractivity contribution in [2.45, 2.75) is 34.6 Å². The molecule has 13 heavy (non-hydrogen) atoms. The molecule has 0 spiro atoms. The molecule has 0 aliphatic carbocycles.